The lowest BCUT2D eigenvalue weighted by molar-refractivity contribution is 0.0857. The van der Waals surface area contributed by atoms with E-state index in [9.17, 15) is 4.79 Å². The summed E-state index contributed by atoms with van der Waals surface area (Å²) in [6.45, 7) is 0. The SMILES string of the molecule is O=Cc1ccc(C2CC(c3ccnc4ccccc34)=NO2)cc1. The van der Waals surface area contributed by atoms with E-state index in [4.69, 9.17) is 4.84 Å². The molecule has 4 heteroatoms. The standard InChI is InChI=1S/C19H14N2O2/c22-12-13-5-7-14(8-6-13)19-11-18(21-23-19)16-9-10-20-17-4-2-1-3-15(16)17/h1-10,12,19H,11H2. The molecular formula is C19H14N2O2. The predicted molar refractivity (Wildman–Crippen MR) is 88.6 cm³/mol. The van der Waals surface area contributed by atoms with Crippen molar-refractivity contribution in [1.82, 2.24) is 4.98 Å². The second kappa shape index (κ2) is 5.65. The number of carbonyl (C=O) groups is 1. The third-order valence-electron chi connectivity index (χ3n) is 4.07. The lowest BCUT2D eigenvalue weighted by Crippen LogP contribution is -2.03. The average Bonchev–Trinajstić information content (AvgIpc) is 3.11. The van der Waals surface area contributed by atoms with Crippen LogP contribution in [-0.2, 0) is 4.84 Å². The number of aromatic nitrogens is 1. The number of oxime groups is 1. The number of rotatable bonds is 3. The van der Waals surface area contributed by atoms with E-state index in [0.717, 1.165) is 34.0 Å². The normalized spacial score (nSPS) is 16.9. The van der Waals surface area contributed by atoms with Crippen LogP contribution in [0.5, 0.6) is 0 Å². The van der Waals surface area contributed by atoms with Crippen molar-refractivity contribution in [3.8, 4) is 0 Å². The first-order valence-electron chi connectivity index (χ1n) is 7.47. The minimum absolute atomic E-state index is 0.113. The van der Waals surface area contributed by atoms with Crippen molar-refractivity contribution in [2.45, 2.75) is 12.5 Å². The molecule has 0 aliphatic carbocycles. The number of nitrogens with zero attached hydrogens (tertiary/aromatic N) is 2. The van der Waals surface area contributed by atoms with Crippen LogP contribution < -0.4 is 0 Å². The molecule has 1 atom stereocenters. The highest BCUT2D eigenvalue weighted by molar-refractivity contribution is 6.10. The van der Waals surface area contributed by atoms with Crippen LogP contribution in [0.2, 0.25) is 0 Å². The van der Waals surface area contributed by atoms with Crippen molar-refractivity contribution in [2.24, 2.45) is 5.16 Å². The van der Waals surface area contributed by atoms with Crippen molar-refractivity contribution >= 4 is 22.9 Å². The second-order valence-electron chi connectivity index (χ2n) is 5.50. The van der Waals surface area contributed by atoms with Crippen LogP contribution in [0.4, 0.5) is 0 Å². The maximum Gasteiger partial charge on any atom is 0.158 e. The number of hydrogen-bond acceptors (Lipinski definition) is 4. The zero-order valence-corrected chi connectivity index (χ0v) is 12.3. The third kappa shape index (κ3) is 2.48. The first-order chi connectivity index (χ1) is 11.3. The van der Waals surface area contributed by atoms with Crippen molar-refractivity contribution in [3.05, 3.63) is 77.5 Å². The van der Waals surface area contributed by atoms with Crippen molar-refractivity contribution in [2.75, 3.05) is 0 Å². The molecule has 0 fully saturated rings. The Morgan fingerprint density at radius 3 is 2.70 bits per heavy atom. The van der Waals surface area contributed by atoms with Crippen molar-refractivity contribution in [3.63, 3.8) is 0 Å². The first-order valence-corrected chi connectivity index (χ1v) is 7.47. The van der Waals surface area contributed by atoms with Crippen LogP contribution in [0.3, 0.4) is 0 Å². The van der Waals surface area contributed by atoms with Crippen LogP contribution in [0.25, 0.3) is 10.9 Å². The quantitative estimate of drug-likeness (QED) is 0.689. The van der Waals surface area contributed by atoms with E-state index in [0.29, 0.717) is 12.0 Å². The Kier molecular flexibility index (Phi) is 3.35. The van der Waals surface area contributed by atoms with Gasteiger partial charge in [0.1, 0.15) is 6.29 Å². The smallest absolute Gasteiger partial charge is 0.158 e. The van der Waals surface area contributed by atoms with E-state index in [1.54, 1.807) is 18.3 Å². The highest BCUT2D eigenvalue weighted by Gasteiger charge is 2.24. The molecule has 23 heavy (non-hydrogen) atoms. The summed E-state index contributed by atoms with van der Waals surface area (Å²) >= 11 is 0. The van der Waals surface area contributed by atoms with E-state index in [1.807, 2.05) is 42.5 Å². The molecule has 1 unspecified atom stereocenters. The van der Waals surface area contributed by atoms with Gasteiger partial charge in [-0.3, -0.25) is 9.78 Å². The summed E-state index contributed by atoms with van der Waals surface area (Å²) in [4.78, 5) is 20.7. The lowest BCUT2D eigenvalue weighted by Gasteiger charge is -2.08. The van der Waals surface area contributed by atoms with Crippen LogP contribution >= 0.6 is 0 Å². The van der Waals surface area contributed by atoms with Gasteiger partial charge in [0, 0.05) is 29.1 Å². The fourth-order valence-corrected chi connectivity index (χ4v) is 2.85. The molecule has 1 aromatic heterocycles. The highest BCUT2D eigenvalue weighted by atomic mass is 16.6. The Balaban J connectivity index is 1.63. The molecule has 4 rings (SSSR count). The maximum absolute atomic E-state index is 10.7. The van der Waals surface area contributed by atoms with E-state index < -0.39 is 0 Å². The largest absolute Gasteiger partial charge is 0.387 e. The average molecular weight is 302 g/mol. The zero-order chi connectivity index (χ0) is 15.6. The number of fused-ring (bicyclic) bond motifs is 1. The Morgan fingerprint density at radius 1 is 1.04 bits per heavy atom. The number of benzene rings is 2. The summed E-state index contributed by atoms with van der Waals surface area (Å²) in [5.41, 5.74) is 4.61. The number of hydrogen-bond donors (Lipinski definition) is 0. The molecule has 1 aliphatic heterocycles. The Hall–Kier alpha value is -3.01. The number of aldehydes is 1. The summed E-state index contributed by atoms with van der Waals surface area (Å²) in [6.07, 6.45) is 3.23. The van der Waals surface area contributed by atoms with Gasteiger partial charge in [0.2, 0.25) is 0 Å². The summed E-state index contributed by atoms with van der Waals surface area (Å²) in [7, 11) is 0. The fourth-order valence-electron chi connectivity index (χ4n) is 2.85. The topological polar surface area (TPSA) is 51.5 Å². The summed E-state index contributed by atoms with van der Waals surface area (Å²) < 4.78 is 0. The minimum Gasteiger partial charge on any atom is -0.387 e. The molecule has 0 spiro atoms. The molecule has 1 aliphatic rings. The van der Waals surface area contributed by atoms with Crippen molar-refractivity contribution < 1.29 is 9.63 Å². The molecule has 3 aromatic rings. The minimum atomic E-state index is -0.113. The molecule has 2 aromatic carbocycles. The van der Waals surface area contributed by atoms with E-state index in [-0.39, 0.29) is 6.10 Å². The van der Waals surface area contributed by atoms with Gasteiger partial charge in [0.25, 0.3) is 0 Å². The molecule has 0 bridgehead atoms. The molecular weight excluding hydrogens is 288 g/mol. The fraction of sp³-hybridized carbons (Fsp3) is 0.105. The van der Waals surface area contributed by atoms with Gasteiger partial charge in [0.05, 0.1) is 11.2 Å². The summed E-state index contributed by atoms with van der Waals surface area (Å²) in [6, 6.07) is 17.4. The van der Waals surface area contributed by atoms with Gasteiger partial charge < -0.3 is 4.84 Å². The molecule has 2 heterocycles. The molecule has 0 N–H and O–H groups in total. The number of carbonyl (C=O) groups excluding carboxylic acids is 1. The van der Waals surface area contributed by atoms with E-state index in [2.05, 4.69) is 10.1 Å². The monoisotopic (exact) mass is 302 g/mol. The van der Waals surface area contributed by atoms with Gasteiger partial charge in [-0.2, -0.15) is 0 Å². The zero-order valence-electron chi connectivity index (χ0n) is 12.3. The predicted octanol–water partition coefficient (Wildman–Crippen LogP) is 3.91. The van der Waals surface area contributed by atoms with Crippen LogP contribution in [0.15, 0.2) is 65.9 Å². The Bertz CT molecular complexity index is 895. The maximum atomic E-state index is 10.7. The highest BCUT2D eigenvalue weighted by Crippen LogP contribution is 2.31. The summed E-state index contributed by atoms with van der Waals surface area (Å²) in [5.74, 6) is 0. The summed E-state index contributed by atoms with van der Waals surface area (Å²) in [5, 5.41) is 5.35. The lowest BCUT2D eigenvalue weighted by atomic mass is 9.97. The van der Waals surface area contributed by atoms with E-state index >= 15 is 0 Å². The Morgan fingerprint density at radius 2 is 1.87 bits per heavy atom. The number of pyridine rings is 1. The van der Waals surface area contributed by atoms with Gasteiger partial charge in [0.15, 0.2) is 6.10 Å². The second-order valence-corrected chi connectivity index (χ2v) is 5.50. The number of para-hydroxylation sites is 1. The van der Waals surface area contributed by atoms with E-state index in [1.165, 1.54) is 0 Å². The van der Waals surface area contributed by atoms with Crippen LogP contribution in [0, 0.1) is 0 Å². The van der Waals surface area contributed by atoms with Crippen LogP contribution in [-0.4, -0.2) is 17.0 Å². The molecule has 0 amide bonds. The van der Waals surface area contributed by atoms with Gasteiger partial charge >= 0.3 is 0 Å². The third-order valence-corrected chi connectivity index (χ3v) is 4.07. The molecule has 112 valence electrons. The van der Waals surface area contributed by atoms with Gasteiger partial charge in [-0.15, -0.1) is 0 Å². The molecule has 4 nitrogen and oxygen atoms in total. The van der Waals surface area contributed by atoms with Gasteiger partial charge in [-0.25, -0.2) is 0 Å². The molecule has 0 radical (unpaired) electrons. The Labute approximate surface area is 133 Å². The molecule has 0 saturated carbocycles. The first kappa shape index (κ1) is 13.6. The van der Waals surface area contributed by atoms with Crippen molar-refractivity contribution in [1.29, 1.82) is 0 Å². The van der Waals surface area contributed by atoms with Gasteiger partial charge in [-0.1, -0.05) is 47.6 Å². The van der Waals surface area contributed by atoms with Gasteiger partial charge in [-0.05, 0) is 17.7 Å². The molecule has 0 saturated heterocycles. The van der Waals surface area contributed by atoms with Crippen LogP contribution in [0.1, 0.15) is 34.0 Å².